The first kappa shape index (κ1) is 18.7. The molecule has 1 fully saturated rings. The summed E-state index contributed by atoms with van der Waals surface area (Å²) in [5.41, 5.74) is 0. The molecule has 0 radical (unpaired) electrons. The van der Waals surface area contributed by atoms with Crippen molar-refractivity contribution in [2.24, 2.45) is 0 Å². The molecule has 1 heterocycles. The van der Waals surface area contributed by atoms with Crippen LogP contribution in [0.15, 0.2) is 0 Å². The van der Waals surface area contributed by atoms with Crippen molar-refractivity contribution in [2.75, 3.05) is 39.6 Å². The summed E-state index contributed by atoms with van der Waals surface area (Å²) in [4.78, 5) is 0. The zero-order chi connectivity index (χ0) is 15.7. The zero-order valence-corrected chi connectivity index (χ0v) is 12.3. The Labute approximate surface area is 124 Å². The number of rotatable bonds is 10. The normalized spacial score (nSPS) is 33.3. The lowest BCUT2D eigenvalue weighted by atomic mass is 9.99. The second kappa shape index (κ2) is 10.4. The summed E-state index contributed by atoms with van der Waals surface area (Å²) in [7, 11) is 0. The molecule has 5 atom stereocenters. The van der Waals surface area contributed by atoms with Crippen molar-refractivity contribution >= 4 is 0 Å². The molecule has 5 unspecified atom stereocenters. The number of aliphatic hydroxyl groups is 4. The van der Waals surface area contributed by atoms with Gasteiger partial charge < -0.3 is 39.4 Å². The van der Waals surface area contributed by atoms with E-state index in [4.69, 9.17) is 24.1 Å². The van der Waals surface area contributed by atoms with Crippen LogP contribution >= 0.6 is 0 Å². The van der Waals surface area contributed by atoms with Gasteiger partial charge in [-0.2, -0.15) is 0 Å². The highest BCUT2D eigenvalue weighted by molar-refractivity contribution is 4.88. The molecule has 0 aliphatic carbocycles. The maximum Gasteiger partial charge on any atom is 0.186 e. The van der Waals surface area contributed by atoms with Crippen LogP contribution in [0, 0.1) is 0 Å². The number of hydrogen-bond acceptors (Lipinski definition) is 8. The summed E-state index contributed by atoms with van der Waals surface area (Å²) in [5, 5.41) is 37.9. The van der Waals surface area contributed by atoms with E-state index in [9.17, 15) is 15.3 Å². The third kappa shape index (κ3) is 6.13. The average molecular weight is 310 g/mol. The first-order chi connectivity index (χ1) is 10.1. The highest BCUT2D eigenvalue weighted by Crippen LogP contribution is 2.21. The molecule has 21 heavy (non-hydrogen) atoms. The van der Waals surface area contributed by atoms with Crippen LogP contribution in [0.4, 0.5) is 0 Å². The van der Waals surface area contributed by atoms with Gasteiger partial charge in [0.2, 0.25) is 0 Å². The molecule has 0 saturated carbocycles. The van der Waals surface area contributed by atoms with Crippen LogP contribution in [0.5, 0.6) is 0 Å². The third-order valence-electron chi connectivity index (χ3n) is 3.08. The van der Waals surface area contributed by atoms with Crippen molar-refractivity contribution in [3.63, 3.8) is 0 Å². The summed E-state index contributed by atoms with van der Waals surface area (Å²) in [6.07, 6.45) is -5.30. The summed E-state index contributed by atoms with van der Waals surface area (Å²) >= 11 is 0. The van der Waals surface area contributed by atoms with Crippen molar-refractivity contribution in [1.82, 2.24) is 0 Å². The Morgan fingerprint density at radius 1 is 0.857 bits per heavy atom. The molecule has 0 aromatic rings. The van der Waals surface area contributed by atoms with Gasteiger partial charge in [0.15, 0.2) is 6.29 Å². The van der Waals surface area contributed by atoms with Gasteiger partial charge in [0, 0.05) is 6.61 Å². The quantitative estimate of drug-likeness (QED) is 0.351. The van der Waals surface area contributed by atoms with Crippen LogP contribution in [0.3, 0.4) is 0 Å². The second-order valence-electron chi connectivity index (χ2n) is 4.79. The Bertz CT molecular complexity index is 263. The fraction of sp³-hybridized carbons (Fsp3) is 1.00. The van der Waals surface area contributed by atoms with Gasteiger partial charge in [-0.15, -0.1) is 0 Å². The van der Waals surface area contributed by atoms with E-state index in [1.165, 1.54) is 0 Å². The first-order valence-electron chi connectivity index (χ1n) is 7.19. The molecule has 8 nitrogen and oxygen atoms in total. The molecule has 0 amide bonds. The van der Waals surface area contributed by atoms with Gasteiger partial charge in [0.25, 0.3) is 0 Å². The summed E-state index contributed by atoms with van der Waals surface area (Å²) in [5.74, 6) is 0. The SMILES string of the molecule is CCCOCCOCCOC1OC(CO)C(O)C(O)C1O. The second-order valence-corrected chi connectivity index (χ2v) is 4.79. The molecular formula is C13H26O8. The monoisotopic (exact) mass is 310 g/mol. The van der Waals surface area contributed by atoms with Gasteiger partial charge >= 0.3 is 0 Å². The average Bonchev–Trinajstić information content (AvgIpc) is 2.49. The fourth-order valence-corrected chi connectivity index (χ4v) is 1.89. The van der Waals surface area contributed by atoms with E-state index in [0.717, 1.165) is 6.42 Å². The van der Waals surface area contributed by atoms with Crippen molar-refractivity contribution in [2.45, 2.75) is 44.1 Å². The number of ether oxygens (including phenoxy) is 4. The highest BCUT2D eigenvalue weighted by Gasteiger charge is 2.43. The Morgan fingerprint density at radius 2 is 1.48 bits per heavy atom. The van der Waals surface area contributed by atoms with Gasteiger partial charge in [0.05, 0.1) is 33.0 Å². The number of hydrogen-bond donors (Lipinski definition) is 4. The minimum atomic E-state index is -1.43. The molecule has 1 saturated heterocycles. The van der Waals surface area contributed by atoms with Crippen LogP contribution in [-0.4, -0.2) is 90.8 Å². The third-order valence-corrected chi connectivity index (χ3v) is 3.08. The molecule has 1 rings (SSSR count). The molecule has 8 heteroatoms. The lowest BCUT2D eigenvalue weighted by Crippen LogP contribution is -2.59. The van der Waals surface area contributed by atoms with E-state index >= 15 is 0 Å². The topological polar surface area (TPSA) is 118 Å². The van der Waals surface area contributed by atoms with Gasteiger partial charge in [0.1, 0.15) is 24.4 Å². The summed E-state index contributed by atoms with van der Waals surface area (Å²) < 4.78 is 20.9. The van der Waals surface area contributed by atoms with Crippen molar-refractivity contribution in [3.05, 3.63) is 0 Å². The smallest absolute Gasteiger partial charge is 0.186 e. The molecule has 1 aliphatic heterocycles. The Kier molecular flexibility index (Phi) is 9.29. The maximum atomic E-state index is 9.72. The van der Waals surface area contributed by atoms with Crippen molar-refractivity contribution in [3.8, 4) is 0 Å². The van der Waals surface area contributed by atoms with Crippen LogP contribution in [-0.2, 0) is 18.9 Å². The van der Waals surface area contributed by atoms with Gasteiger partial charge in [-0.1, -0.05) is 6.92 Å². The summed E-state index contributed by atoms with van der Waals surface area (Å²) in [6.45, 7) is 3.63. The van der Waals surface area contributed by atoms with Crippen LogP contribution in [0.1, 0.15) is 13.3 Å². The molecule has 1 aliphatic rings. The molecule has 4 N–H and O–H groups in total. The Morgan fingerprint density at radius 3 is 2.10 bits per heavy atom. The molecule has 0 spiro atoms. The van der Waals surface area contributed by atoms with E-state index in [1.54, 1.807) is 0 Å². The van der Waals surface area contributed by atoms with E-state index in [0.29, 0.717) is 19.8 Å². The maximum absolute atomic E-state index is 9.72. The van der Waals surface area contributed by atoms with Crippen LogP contribution in [0.25, 0.3) is 0 Å². The minimum Gasteiger partial charge on any atom is -0.394 e. The number of aliphatic hydroxyl groups excluding tert-OH is 4. The van der Waals surface area contributed by atoms with Crippen molar-refractivity contribution in [1.29, 1.82) is 0 Å². The lowest BCUT2D eigenvalue weighted by Gasteiger charge is -2.39. The molecule has 0 bridgehead atoms. The zero-order valence-electron chi connectivity index (χ0n) is 12.3. The Balaban J connectivity index is 2.16. The Hall–Kier alpha value is -0.320. The van der Waals surface area contributed by atoms with Crippen LogP contribution < -0.4 is 0 Å². The summed E-state index contributed by atoms with van der Waals surface area (Å²) in [6, 6.07) is 0. The lowest BCUT2D eigenvalue weighted by molar-refractivity contribution is -0.302. The van der Waals surface area contributed by atoms with Gasteiger partial charge in [-0.25, -0.2) is 0 Å². The minimum absolute atomic E-state index is 0.149. The van der Waals surface area contributed by atoms with E-state index in [1.807, 2.05) is 6.92 Å². The molecular weight excluding hydrogens is 284 g/mol. The van der Waals surface area contributed by atoms with E-state index < -0.39 is 37.3 Å². The van der Waals surface area contributed by atoms with Gasteiger partial charge in [-0.05, 0) is 6.42 Å². The first-order valence-corrected chi connectivity index (χ1v) is 7.19. The van der Waals surface area contributed by atoms with E-state index in [2.05, 4.69) is 0 Å². The molecule has 0 aromatic carbocycles. The fourth-order valence-electron chi connectivity index (χ4n) is 1.89. The predicted octanol–water partition coefficient (Wildman–Crippen LogP) is -1.75. The van der Waals surface area contributed by atoms with Crippen molar-refractivity contribution < 1.29 is 39.4 Å². The predicted molar refractivity (Wildman–Crippen MR) is 71.6 cm³/mol. The standard InChI is InChI=1S/C13H26O8/c1-2-3-18-4-5-19-6-7-20-13-12(17)11(16)10(15)9(8-14)21-13/h9-17H,2-8H2,1H3. The molecule has 126 valence electrons. The van der Waals surface area contributed by atoms with E-state index in [-0.39, 0.29) is 13.2 Å². The van der Waals surface area contributed by atoms with Gasteiger partial charge in [-0.3, -0.25) is 0 Å². The molecule has 0 aromatic heterocycles. The highest BCUT2D eigenvalue weighted by atomic mass is 16.7. The largest absolute Gasteiger partial charge is 0.394 e. The van der Waals surface area contributed by atoms with Crippen LogP contribution in [0.2, 0.25) is 0 Å².